The zero-order chi connectivity index (χ0) is 20.1. The van der Waals surface area contributed by atoms with Crippen LogP contribution < -0.4 is 5.73 Å². The Morgan fingerprint density at radius 1 is 1.33 bits per heavy atom. The number of hydrogen-bond donors (Lipinski definition) is 2. The highest BCUT2D eigenvalue weighted by Gasteiger charge is 2.23. The molecule has 0 amide bonds. The second-order valence-corrected chi connectivity index (χ2v) is 6.88. The summed E-state index contributed by atoms with van der Waals surface area (Å²) >= 11 is 12.1. The second-order valence-electron chi connectivity index (χ2n) is 6.06. The summed E-state index contributed by atoms with van der Waals surface area (Å²) in [7, 11) is 1.77. The lowest BCUT2D eigenvalue weighted by Crippen LogP contribution is -2.26. The van der Waals surface area contributed by atoms with Crippen LogP contribution in [0.25, 0.3) is 11.1 Å². The SMILES string of the molecule is CC(c1c(-c2ccc(Cl)c(Cl)c2)ccc(F)c1N=CN)N(C)CCC(=O)O. The van der Waals surface area contributed by atoms with Crippen molar-refractivity contribution >= 4 is 41.2 Å². The number of carbonyl (C=O) groups is 1. The molecule has 8 heteroatoms. The third kappa shape index (κ3) is 4.97. The van der Waals surface area contributed by atoms with Gasteiger partial charge in [-0.05, 0) is 43.3 Å². The molecule has 0 aliphatic carbocycles. The van der Waals surface area contributed by atoms with Crippen molar-refractivity contribution in [2.24, 2.45) is 10.7 Å². The summed E-state index contributed by atoms with van der Waals surface area (Å²) in [5.41, 5.74) is 7.57. The molecule has 0 saturated carbocycles. The Labute approximate surface area is 167 Å². The standard InChI is InChI=1S/C19H20Cl2FN3O2/c1-11(25(2)8-7-17(26)27)18-13(4-6-16(22)19(18)24-10-23)12-3-5-14(20)15(21)9-12/h3-6,9-11H,7-8H2,1-2H3,(H2,23,24)(H,26,27). The van der Waals surface area contributed by atoms with E-state index in [1.54, 1.807) is 31.3 Å². The van der Waals surface area contributed by atoms with E-state index in [0.29, 0.717) is 27.7 Å². The van der Waals surface area contributed by atoms with E-state index in [9.17, 15) is 9.18 Å². The Morgan fingerprint density at radius 3 is 2.63 bits per heavy atom. The number of aliphatic imine (C=N–C) groups is 1. The molecule has 0 bridgehead atoms. The number of halogens is 3. The summed E-state index contributed by atoms with van der Waals surface area (Å²) < 4.78 is 14.5. The van der Waals surface area contributed by atoms with E-state index in [0.717, 1.165) is 11.9 Å². The predicted octanol–water partition coefficient (Wildman–Crippen LogP) is 4.89. The molecule has 0 radical (unpaired) electrons. The minimum absolute atomic E-state index is 0.0340. The maximum Gasteiger partial charge on any atom is 0.304 e. The van der Waals surface area contributed by atoms with Gasteiger partial charge in [-0.1, -0.05) is 35.3 Å². The zero-order valence-electron chi connectivity index (χ0n) is 14.9. The Balaban J connectivity index is 2.62. The summed E-state index contributed by atoms with van der Waals surface area (Å²) in [6.45, 7) is 2.15. The molecule has 27 heavy (non-hydrogen) atoms. The first-order valence-electron chi connectivity index (χ1n) is 8.20. The van der Waals surface area contributed by atoms with Gasteiger partial charge in [0.2, 0.25) is 0 Å². The van der Waals surface area contributed by atoms with E-state index in [2.05, 4.69) is 4.99 Å². The highest BCUT2D eigenvalue weighted by molar-refractivity contribution is 6.42. The molecule has 2 aromatic carbocycles. The fourth-order valence-electron chi connectivity index (χ4n) is 2.81. The molecular weight excluding hydrogens is 392 g/mol. The van der Waals surface area contributed by atoms with Crippen molar-refractivity contribution in [3.63, 3.8) is 0 Å². The number of benzene rings is 2. The van der Waals surface area contributed by atoms with Crippen molar-refractivity contribution in [1.29, 1.82) is 0 Å². The number of nitrogens with zero attached hydrogens (tertiary/aromatic N) is 2. The van der Waals surface area contributed by atoms with Crippen LogP contribution in [-0.2, 0) is 4.79 Å². The van der Waals surface area contributed by atoms with Crippen molar-refractivity contribution in [3.8, 4) is 11.1 Å². The van der Waals surface area contributed by atoms with Crippen LogP contribution >= 0.6 is 23.2 Å². The van der Waals surface area contributed by atoms with Crippen LogP contribution in [0.15, 0.2) is 35.3 Å². The van der Waals surface area contributed by atoms with E-state index in [4.69, 9.17) is 34.0 Å². The van der Waals surface area contributed by atoms with Crippen LogP contribution in [0.5, 0.6) is 0 Å². The van der Waals surface area contributed by atoms with Crippen LogP contribution in [0.2, 0.25) is 10.0 Å². The summed E-state index contributed by atoms with van der Waals surface area (Å²) in [4.78, 5) is 16.7. The van der Waals surface area contributed by atoms with E-state index < -0.39 is 11.8 Å². The normalized spacial score (nSPS) is 12.7. The minimum atomic E-state index is -0.904. The van der Waals surface area contributed by atoms with Gasteiger partial charge in [-0.3, -0.25) is 9.69 Å². The highest BCUT2D eigenvalue weighted by atomic mass is 35.5. The first-order valence-corrected chi connectivity index (χ1v) is 8.96. The lowest BCUT2D eigenvalue weighted by molar-refractivity contribution is -0.137. The molecule has 5 nitrogen and oxygen atoms in total. The van der Waals surface area contributed by atoms with Crippen molar-refractivity contribution in [1.82, 2.24) is 4.90 Å². The molecule has 1 atom stereocenters. The van der Waals surface area contributed by atoms with Crippen LogP contribution in [0, 0.1) is 5.82 Å². The monoisotopic (exact) mass is 411 g/mol. The molecule has 0 fully saturated rings. The Morgan fingerprint density at radius 2 is 2.04 bits per heavy atom. The lowest BCUT2D eigenvalue weighted by atomic mass is 9.93. The van der Waals surface area contributed by atoms with E-state index in [-0.39, 0.29) is 18.2 Å². The van der Waals surface area contributed by atoms with Gasteiger partial charge in [0.05, 0.1) is 22.8 Å². The van der Waals surface area contributed by atoms with Gasteiger partial charge >= 0.3 is 5.97 Å². The fourth-order valence-corrected chi connectivity index (χ4v) is 3.11. The summed E-state index contributed by atoms with van der Waals surface area (Å²) in [5, 5.41) is 9.72. The quantitative estimate of drug-likeness (QED) is 0.502. The smallest absolute Gasteiger partial charge is 0.304 e. The number of carboxylic acid groups (broad SMARTS) is 1. The molecular formula is C19H20Cl2FN3O2. The summed E-state index contributed by atoms with van der Waals surface area (Å²) in [6.07, 6.45) is 0.998. The molecule has 0 heterocycles. The Bertz CT molecular complexity index is 874. The molecule has 1 unspecified atom stereocenters. The fraction of sp³-hybridized carbons (Fsp3) is 0.263. The number of carboxylic acids is 1. The maximum absolute atomic E-state index is 14.5. The molecule has 0 aliphatic rings. The maximum atomic E-state index is 14.5. The third-order valence-corrected chi connectivity index (χ3v) is 5.10. The molecule has 144 valence electrons. The van der Waals surface area contributed by atoms with Gasteiger partial charge in [0, 0.05) is 18.2 Å². The van der Waals surface area contributed by atoms with Crippen molar-refractivity contribution in [2.45, 2.75) is 19.4 Å². The topological polar surface area (TPSA) is 78.9 Å². The molecule has 0 saturated heterocycles. The van der Waals surface area contributed by atoms with Gasteiger partial charge in [0.25, 0.3) is 0 Å². The van der Waals surface area contributed by atoms with Gasteiger partial charge in [0.1, 0.15) is 11.5 Å². The number of hydrogen-bond acceptors (Lipinski definition) is 3. The van der Waals surface area contributed by atoms with Crippen LogP contribution in [0.3, 0.4) is 0 Å². The van der Waals surface area contributed by atoms with Crippen LogP contribution in [0.1, 0.15) is 24.9 Å². The predicted molar refractivity (Wildman–Crippen MR) is 107 cm³/mol. The summed E-state index contributed by atoms with van der Waals surface area (Å²) in [6, 6.07) is 7.76. The third-order valence-electron chi connectivity index (χ3n) is 4.36. The molecule has 0 aliphatic heterocycles. The Kier molecular flexibility index (Phi) is 7.18. The van der Waals surface area contributed by atoms with Gasteiger partial charge in [-0.2, -0.15) is 0 Å². The first-order chi connectivity index (χ1) is 12.8. The molecule has 2 aromatic rings. The van der Waals surface area contributed by atoms with Gasteiger partial charge in [-0.15, -0.1) is 0 Å². The number of rotatable bonds is 7. The van der Waals surface area contributed by atoms with Gasteiger partial charge < -0.3 is 10.8 Å². The average Bonchev–Trinajstić information content (AvgIpc) is 2.63. The largest absolute Gasteiger partial charge is 0.481 e. The molecule has 0 spiro atoms. The molecule has 3 N–H and O–H groups in total. The van der Waals surface area contributed by atoms with Crippen LogP contribution in [-0.4, -0.2) is 35.9 Å². The van der Waals surface area contributed by atoms with Crippen LogP contribution in [0.4, 0.5) is 10.1 Å². The first kappa shape index (κ1) is 21.2. The second kappa shape index (κ2) is 9.17. The van der Waals surface area contributed by atoms with Gasteiger partial charge in [0.15, 0.2) is 0 Å². The van der Waals surface area contributed by atoms with Crippen molar-refractivity contribution < 1.29 is 14.3 Å². The van der Waals surface area contributed by atoms with E-state index in [1.165, 1.54) is 6.07 Å². The van der Waals surface area contributed by atoms with E-state index >= 15 is 0 Å². The van der Waals surface area contributed by atoms with Gasteiger partial charge in [-0.25, -0.2) is 9.38 Å². The number of aliphatic carboxylic acids is 1. The van der Waals surface area contributed by atoms with Crippen molar-refractivity contribution in [3.05, 3.63) is 51.8 Å². The Hall–Kier alpha value is -2.15. The zero-order valence-corrected chi connectivity index (χ0v) is 16.4. The molecule has 0 aromatic heterocycles. The average molecular weight is 412 g/mol. The highest BCUT2D eigenvalue weighted by Crippen LogP contribution is 2.40. The molecule has 2 rings (SSSR count). The lowest BCUT2D eigenvalue weighted by Gasteiger charge is -2.28. The minimum Gasteiger partial charge on any atom is -0.481 e. The van der Waals surface area contributed by atoms with E-state index in [1.807, 2.05) is 11.8 Å². The van der Waals surface area contributed by atoms with Crippen molar-refractivity contribution in [2.75, 3.05) is 13.6 Å². The number of nitrogens with two attached hydrogens (primary N) is 1. The summed E-state index contributed by atoms with van der Waals surface area (Å²) in [5.74, 6) is -1.42.